The highest BCUT2D eigenvalue weighted by Crippen LogP contribution is 2.19. The Balaban J connectivity index is 6.13. The molecule has 0 aromatic carbocycles. The van der Waals surface area contributed by atoms with Crippen LogP contribution >= 0.6 is 0 Å². The molecule has 0 aromatic heterocycles. The summed E-state index contributed by atoms with van der Waals surface area (Å²) < 4.78 is 29.9. The van der Waals surface area contributed by atoms with Crippen LogP contribution in [0.4, 0.5) is 0 Å². The van der Waals surface area contributed by atoms with Crippen molar-refractivity contribution in [2.75, 3.05) is 13.7 Å². The topological polar surface area (TPSA) is 143 Å². The Morgan fingerprint density at radius 3 is 1.57 bits per heavy atom. The summed E-state index contributed by atoms with van der Waals surface area (Å²) in [5.41, 5.74) is 0. The molecule has 0 N–H and O–H groups in total. The Morgan fingerprint density at radius 1 is 0.714 bits per heavy atom. The van der Waals surface area contributed by atoms with E-state index in [4.69, 9.17) is 28.1 Å². The Kier molecular flexibility index (Phi) is 11.1. The third kappa shape index (κ3) is 10.2. The van der Waals surface area contributed by atoms with E-state index in [0.29, 0.717) is 0 Å². The van der Waals surface area contributed by atoms with Gasteiger partial charge in [0.2, 0.25) is 7.11 Å². The van der Waals surface area contributed by atoms with Gasteiger partial charge in [-0.1, -0.05) is 0 Å². The van der Waals surface area contributed by atoms with Gasteiger partial charge in [0.25, 0.3) is 0 Å². The van der Waals surface area contributed by atoms with Crippen molar-refractivity contribution in [1.29, 1.82) is 0 Å². The van der Waals surface area contributed by atoms with Crippen LogP contribution < -0.4 is 0 Å². The first-order valence-electron chi connectivity index (χ1n) is 8.08. The minimum atomic E-state index is -1.52. The van der Waals surface area contributed by atoms with Crippen LogP contribution in [0, 0.1) is 0 Å². The predicted octanol–water partition coefficient (Wildman–Crippen LogP) is -0.448. The van der Waals surface area contributed by atoms with Crippen LogP contribution in [-0.2, 0) is 52.1 Å². The average molecular weight is 404 g/mol. The highest BCUT2D eigenvalue weighted by atomic mass is 16.6. The van der Waals surface area contributed by atoms with Crippen LogP contribution in [0.5, 0.6) is 0 Å². The quantitative estimate of drug-likeness (QED) is 0.203. The SMILES string of the molecule is C[O+]=[C-][C@H](OC(C)=O)[C@@H](OC(C)=O)[C@@H](OC(C)=O)[C@@H](COC(C)=O)OC(C)=O. The Labute approximate surface area is 161 Å². The molecule has 0 saturated heterocycles. The number of carbonyl (C=O) groups is 5. The Bertz CT molecular complexity index is 610. The fourth-order valence-electron chi connectivity index (χ4n) is 2.10. The monoisotopic (exact) mass is 404 g/mol. The molecule has 0 fully saturated rings. The number of hydrogen-bond acceptors (Lipinski definition) is 10. The maximum absolute atomic E-state index is 11.6. The molecular weight excluding hydrogens is 380 g/mol. The van der Waals surface area contributed by atoms with E-state index in [1.807, 2.05) is 0 Å². The molecular formula is C17H24O11. The summed E-state index contributed by atoms with van der Waals surface area (Å²) in [7, 11) is 1.20. The minimum absolute atomic E-state index is 0.523. The molecule has 0 unspecified atom stereocenters. The van der Waals surface area contributed by atoms with Crippen LogP contribution in [0.25, 0.3) is 0 Å². The molecule has 0 amide bonds. The summed E-state index contributed by atoms with van der Waals surface area (Å²) >= 11 is 0. The van der Waals surface area contributed by atoms with Crippen molar-refractivity contribution in [2.24, 2.45) is 0 Å². The molecule has 0 aliphatic carbocycles. The first kappa shape index (κ1) is 25.0. The second-order valence-electron chi connectivity index (χ2n) is 5.45. The lowest BCUT2D eigenvalue weighted by Gasteiger charge is -2.35. The van der Waals surface area contributed by atoms with Crippen molar-refractivity contribution in [1.82, 2.24) is 0 Å². The van der Waals surface area contributed by atoms with E-state index in [1.165, 1.54) is 7.11 Å². The number of ether oxygens (including phenoxy) is 5. The van der Waals surface area contributed by atoms with E-state index >= 15 is 0 Å². The highest BCUT2D eigenvalue weighted by molar-refractivity contribution is 5.73. The fraction of sp³-hybridized carbons (Fsp3) is 0.647. The average Bonchev–Trinajstić information content (AvgIpc) is 2.53. The molecule has 0 radical (unpaired) electrons. The number of rotatable bonds is 10. The van der Waals surface area contributed by atoms with Crippen molar-refractivity contribution in [3.05, 3.63) is 0 Å². The molecule has 0 heterocycles. The van der Waals surface area contributed by atoms with E-state index in [-0.39, 0.29) is 0 Å². The maximum Gasteiger partial charge on any atom is 0.303 e. The third-order valence-corrected chi connectivity index (χ3v) is 2.89. The summed E-state index contributed by atoms with van der Waals surface area (Å²) in [5, 5.41) is 0. The van der Waals surface area contributed by atoms with Crippen LogP contribution in [0.15, 0.2) is 0 Å². The van der Waals surface area contributed by atoms with Crippen molar-refractivity contribution < 1.29 is 52.1 Å². The molecule has 28 heavy (non-hydrogen) atoms. The molecule has 0 aromatic rings. The lowest BCUT2D eigenvalue weighted by atomic mass is 10.0. The summed E-state index contributed by atoms with van der Waals surface area (Å²) in [6.45, 7) is 4.86. The van der Waals surface area contributed by atoms with Gasteiger partial charge in [0.05, 0.1) is 0 Å². The highest BCUT2D eigenvalue weighted by Gasteiger charge is 2.41. The van der Waals surface area contributed by atoms with Gasteiger partial charge in [-0.3, -0.25) is 24.0 Å². The molecule has 11 nitrogen and oxygen atoms in total. The normalized spacial score (nSPS) is 14.9. The van der Waals surface area contributed by atoms with Gasteiger partial charge in [0, 0.05) is 40.9 Å². The summed E-state index contributed by atoms with van der Waals surface area (Å²) in [4.78, 5) is 57.2. The molecule has 11 heteroatoms. The molecule has 0 aliphatic heterocycles. The lowest BCUT2D eigenvalue weighted by molar-refractivity contribution is -0.198. The van der Waals surface area contributed by atoms with E-state index in [2.05, 4.69) is 6.29 Å². The molecule has 158 valence electrons. The smallest absolute Gasteiger partial charge is 0.303 e. The van der Waals surface area contributed by atoms with Gasteiger partial charge in [0.1, 0.15) is 12.7 Å². The van der Waals surface area contributed by atoms with Gasteiger partial charge in [-0.2, -0.15) is 0 Å². The van der Waals surface area contributed by atoms with E-state index < -0.39 is 60.9 Å². The zero-order chi connectivity index (χ0) is 21.9. The molecule has 4 atom stereocenters. The fourth-order valence-corrected chi connectivity index (χ4v) is 2.10. The Hall–Kier alpha value is -2.98. The van der Waals surface area contributed by atoms with Gasteiger partial charge >= 0.3 is 29.8 Å². The lowest BCUT2D eigenvalue weighted by Crippen LogP contribution is -2.53. The van der Waals surface area contributed by atoms with Gasteiger partial charge in [-0.05, 0) is 0 Å². The molecule has 0 rings (SSSR count). The van der Waals surface area contributed by atoms with E-state index in [0.717, 1.165) is 34.6 Å². The maximum atomic E-state index is 11.6. The van der Waals surface area contributed by atoms with Crippen LogP contribution in [0.1, 0.15) is 34.6 Å². The second kappa shape index (κ2) is 12.4. The van der Waals surface area contributed by atoms with Gasteiger partial charge in [-0.15, -0.1) is 0 Å². The standard InChI is InChI=1S/C17H24O11/c1-9(18)24-8-15(26-11(3)20)17(28-13(5)22)16(27-12(4)21)14(7-23-6)25-10(2)19/h14-17H,8H2,1-6H3/t14-,15+,16+,17-/m0/s1. The third-order valence-electron chi connectivity index (χ3n) is 2.89. The van der Waals surface area contributed by atoms with Crippen molar-refractivity contribution in [3.63, 3.8) is 0 Å². The van der Waals surface area contributed by atoms with Gasteiger partial charge in [0.15, 0.2) is 18.3 Å². The van der Waals surface area contributed by atoms with Crippen LogP contribution in [-0.4, -0.2) is 74.3 Å². The Morgan fingerprint density at radius 2 is 1.18 bits per heavy atom. The summed E-state index contributed by atoms with van der Waals surface area (Å²) in [6, 6.07) is 0. The number of esters is 5. The van der Waals surface area contributed by atoms with Crippen LogP contribution in [0.3, 0.4) is 0 Å². The zero-order valence-corrected chi connectivity index (χ0v) is 16.5. The largest absolute Gasteiger partial charge is 0.483 e. The first-order valence-corrected chi connectivity index (χ1v) is 8.08. The van der Waals surface area contributed by atoms with Crippen molar-refractivity contribution >= 4 is 36.1 Å². The molecule has 0 saturated carbocycles. The molecule has 0 spiro atoms. The minimum Gasteiger partial charge on any atom is -0.483 e. The zero-order valence-electron chi connectivity index (χ0n) is 16.5. The number of hydrogen-bond donors (Lipinski definition) is 0. The van der Waals surface area contributed by atoms with E-state index in [1.54, 1.807) is 0 Å². The number of carbonyl (C=O) groups excluding carboxylic acids is 6. The molecule has 0 bridgehead atoms. The molecule has 0 aliphatic rings. The van der Waals surface area contributed by atoms with Crippen LogP contribution in [0.2, 0.25) is 0 Å². The van der Waals surface area contributed by atoms with Gasteiger partial charge in [-0.25, -0.2) is 0 Å². The van der Waals surface area contributed by atoms with Gasteiger partial charge < -0.3 is 28.1 Å². The summed E-state index contributed by atoms with van der Waals surface area (Å²) in [5.74, 6) is -3.93. The first-order chi connectivity index (χ1) is 13.0. The van der Waals surface area contributed by atoms with Crippen molar-refractivity contribution in [2.45, 2.75) is 59.0 Å². The summed E-state index contributed by atoms with van der Waals surface area (Å²) in [6.07, 6.45) is -3.59. The second-order valence-corrected chi connectivity index (χ2v) is 5.45. The van der Waals surface area contributed by atoms with Crippen molar-refractivity contribution in [3.8, 4) is 0 Å². The predicted molar refractivity (Wildman–Crippen MR) is 90.5 cm³/mol. The van der Waals surface area contributed by atoms with E-state index in [9.17, 15) is 24.0 Å².